The summed E-state index contributed by atoms with van der Waals surface area (Å²) in [6, 6.07) is 24.3. The minimum Gasteiger partial charge on any atom is -0.490 e. The molecule has 0 radical (unpaired) electrons. The number of nitrogens with zero attached hydrogens (tertiary/aromatic N) is 2. The van der Waals surface area contributed by atoms with Crippen LogP contribution in [0.4, 0.5) is 20.2 Å². The van der Waals surface area contributed by atoms with Crippen molar-refractivity contribution in [3.8, 4) is 23.0 Å². The van der Waals surface area contributed by atoms with E-state index in [0.717, 1.165) is 50.9 Å². The van der Waals surface area contributed by atoms with Crippen LogP contribution in [0.5, 0.6) is 23.0 Å². The van der Waals surface area contributed by atoms with E-state index >= 15 is 4.39 Å². The standard InChI is InChI=1S/C40H38F2N4O6/c41-28-7-9-29(10-8-28)44-38(47)40(14-15-40)39(48)45-30-11-12-35(32(42)23-30)52-34-13-16-43-33-25-37(50-20-4-17-46-18-21-49-22-19-46)36(24-31(33)34)51-26-27-5-2-1-3-6-27/h1-3,5-13,16,23-25H,4,14-15,17-22,26H2,(H,44,47)(H,45,48). The molecule has 52 heavy (non-hydrogen) atoms. The lowest BCUT2D eigenvalue weighted by molar-refractivity contribution is -0.131. The van der Waals surface area contributed by atoms with Gasteiger partial charge in [0.15, 0.2) is 23.1 Å². The molecule has 7 rings (SSSR count). The van der Waals surface area contributed by atoms with Crippen molar-refractivity contribution in [3.05, 3.63) is 114 Å². The molecule has 0 atom stereocenters. The van der Waals surface area contributed by atoms with E-state index in [2.05, 4.69) is 20.5 Å². The highest BCUT2D eigenvalue weighted by molar-refractivity contribution is 6.16. The SMILES string of the molecule is O=C(Nc1ccc(F)cc1)C1(C(=O)Nc2ccc(Oc3ccnc4cc(OCCCN5CCOCC5)c(OCc5ccccc5)cc34)c(F)c2)CC1. The monoisotopic (exact) mass is 708 g/mol. The average Bonchev–Trinajstić information content (AvgIpc) is 3.98. The molecule has 10 nitrogen and oxygen atoms in total. The van der Waals surface area contributed by atoms with Gasteiger partial charge in [-0.25, -0.2) is 8.78 Å². The molecule has 4 aromatic carbocycles. The molecule has 1 aromatic heterocycles. The Kier molecular flexibility index (Phi) is 10.6. The minimum atomic E-state index is -1.29. The summed E-state index contributed by atoms with van der Waals surface area (Å²) in [6.45, 7) is 4.99. The van der Waals surface area contributed by atoms with Gasteiger partial charge in [0, 0.05) is 54.7 Å². The van der Waals surface area contributed by atoms with Gasteiger partial charge in [-0.3, -0.25) is 19.5 Å². The number of carbonyl (C=O) groups excluding carboxylic acids is 2. The molecule has 2 heterocycles. The summed E-state index contributed by atoms with van der Waals surface area (Å²) in [5.41, 5.74) is 0.813. The molecular weight excluding hydrogens is 670 g/mol. The molecule has 0 bridgehead atoms. The second kappa shape index (κ2) is 15.7. The lowest BCUT2D eigenvalue weighted by Gasteiger charge is -2.26. The third-order valence-electron chi connectivity index (χ3n) is 9.12. The summed E-state index contributed by atoms with van der Waals surface area (Å²) in [5.74, 6) is -0.903. The first kappa shape index (κ1) is 34.8. The molecule has 1 saturated heterocycles. The maximum Gasteiger partial charge on any atom is 0.240 e. The van der Waals surface area contributed by atoms with Crippen molar-refractivity contribution in [1.29, 1.82) is 0 Å². The zero-order valence-electron chi connectivity index (χ0n) is 28.4. The maximum absolute atomic E-state index is 15.5. The number of nitrogens with one attached hydrogen (secondary N) is 2. The summed E-state index contributed by atoms with van der Waals surface area (Å²) in [5, 5.41) is 5.91. The van der Waals surface area contributed by atoms with Crippen LogP contribution in [0.1, 0.15) is 24.8 Å². The van der Waals surface area contributed by atoms with Crippen molar-refractivity contribution < 1.29 is 37.3 Å². The first-order valence-electron chi connectivity index (χ1n) is 17.2. The fourth-order valence-electron chi connectivity index (χ4n) is 5.97. The summed E-state index contributed by atoms with van der Waals surface area (Å²) < 4.78 is 52.7. The van der Waals surface area contributed by atoms with E-state index in [1.54, 1.807) is 24.4 Å². The second-order valence-corrected chi connectivity index (χ2v) is 12.8. The molecule has 12 heteroatoms. The van der Waals surface area contributed by atoms with Gasteiger partial charge in [-0.05, 0) is 73.4 Å². The third-order valence-corrected chi connectivity index (χ3v) is 9.12. The number of anilines is 2. The molecule has 268 valence electrons. The summed E-state index contributed by atoms with van der Waals surface area (Å²) in [6.07, 6.45) is 3.07. The van der Waals surface area contributed by atoms with Crippen LogP contribution in [0.25, 0.3) is 10.9 Å². The van der Waals surface area contributed by atoms with E-state index < -0.39 is 28.9 Å². The molecule has 1 aliphatic carbocycles. The van der Waals surface area contributed by atoms with Crippen molar-refractivity contribution >= 4 is 34.1 Å². The van der Waals surface area contributed by atoms with Crippen LogP contribution < -0.4 is 24.8 Å². The fourth-order valence-corrected chi connectivity index (χ4v) is 5.97. The molecule has 1 saturated carbocycles. The predicted molar refractivity (Wildman–Crippen MR) is 192 cm³/mol. The van der Waals surface area contributed by atoms with Crippen LogP contribution in [0, 0.1) is 17.0 Å². The number of carbonyl (C=O) groups is 2. The number of benzene rings is 4. The number of halogens is 2. The van der Waals surface area contributed by atoms with Crippen LogP contribution in [0.3, 0.4) is 0 Å². The molecule has 0 unspecified atom stereocenters. The average molecular weight is 709 g/mol. The minimum absolute atomic E-state index is 0.0733. The van der Waals surface area contributed by atoms with Crippen molar-refractivity contribution in [1.82, 2.24) is 9.88 Å². The van der Waals surface area contributed by atoms with Crippen molar-refractivity contribution in [2.75, 3.05) is 50.1 Å². The highest BCUT2D eigenvalue weighted by Crippen LogP contribution is 2.48. The van der Waals surface area contributed by atoms with E-state index in [-0.39, 0.29) is 11.4 Å². The number of aromatic nitrogens is 1. The number of hydrogen-bond acceptors (Lipinski definition) is 8. The van der Waals surface area contributed by atoms with Crippen molar-refractivity contribution in [2.24, 2.45) is 5.41 Å². The van der Waals surface area contributed by atoms with Crippen molar-refractivity contribution in [3.63, 3.8) is 0 Å². The number of pyridine rings is 1. The van der Waals surface area contributed by atoms with Gasteiger partial charge in [0.25, 0.3) is 0 Å². The highest BCUT2D eigenvalue weighted by Gasteiger charge is 2.56. The van der Waals surface area contributed by atoms with Gasteiger partial charge in [0.2, 0.25) is 11.8 Å². The molecule has 2 amide bonds. The second-order valence-electron chi connectivity index (χ2n) is 12.8. The molecular formula is C40H38F2N4O6. The van der Waals surface area contributed by atoms with Crippen molar-refractivity contribution in [2.45, 2.75) is 25.9 Å². The normalized spacial score (nSPS) is 15.1. The van der Waals surface area contributed by atoms with Gasteiger partial charge < -0.3 is 29.6 Å². The maximum atomic E-state index is 15.5. The van der Waals surface area contributed by atoms with Crippen LogP contribution in [0.15, 0.2) is 97.2 Å². The van der Waals surface area contributed by atoms with E-state index in [1.165, 1.54) is 36.4 Å². The van der Waals surface area contributed by atoms with Gasteiger partial charge >= 0.3 is 0 Å². The number of rotatable bonds is 14. The topological polar surface area (TPSA) is 111 Å². The summed E-state index contributed by atoms with van der Waals surface area (Å²) >= 11 is 0. The van der Waals surface area contributed by atoms with Gasteiger partial charge in [-0.15, -0.1) is 0 Å². The van der Waals surface area contributed by atoms with E-state index in [1.807, 2.05) is 30.3 Å². The molecule has 2 N–H and O–H groups in total. The number of morpholine rings is 1. The predicted octanol–water partition coefficient (Wildman–Crippen LogP) is 7.34. The van der Waals surface area contributed by atoms with Crippen LogP contribution in [-0.2, 0) is 20.9 Å². The first-order chi connectivity index (χ1) is 25.4. The highest BCUT2D eigenvalue weighted by atomic mass is 19.1. The number of ether oxygens (including phenoxy) is 4. The Hall–Kier alpha value is -5.59. The molecule has 5 aromatic rings. The Labute approximate surface area is 299 Å². The number of amides is 2. The first-order valence-corrected chi connectivity index (χ1v) is 17.2. The lowest BCUT2D eigenvalue weighted by Crippen LogP contribution is -2.37. The van der Waals surface area contributed by atoms with E-state index in [0.29, 0.717) is 59.9 Å². The van der Waals surface area contributed by atoms with Crippen LogP contribution in [-0.4, -0.2) is 61.2 Å². The number of fused-ring (bicyclic) bond motifs is 1. The lowest BCUT2D eigenvalue weighted by atomic mass is 10.0. The smallest absolute Gasteiger partial charge is 0.240 e. The third kappa shape index (κ3) is 8.30. The molecule has 0 spiro atoms. The molecule has 1 aliphatic heterocycles. The van der Waals surface area contributed by atoms with Gasteiger partial charge in [-0.2, -0.15) is 0 Å². The quantitative estimate of drug-likeness (QED) is 0.0911. The van der Waals surface area contributed by atoms with Gasteiger partial charge in [0.05, 0.1) is 25.3 Å². The largest absolute Gasteiger partial charge is 0.490 e. The van der Waals surface area contributed by atoms with E-state index in [4.69, 9.17) is 18.9 Å². The van der Waals surface area contributed by atoms with Crippen LogP contribution in [0.2, 0.25) is 0 Å². The molecule has 2 aliphatic rings. The Morgan fingerprint density at radius 1 is 0.788 bits per heavy atom. The summed E-state index contributed by atoms with van der Waals surface area (Å²) in [7, 11) is 0. The Morgan fingerprint density at radius 2 is 1.50 bits per heavy atom. The zero-order valence-corrected chi connectivity index (χ0v) is 28.4. The van der Waals surface area contributed by atoms with Gasteiger partial charge in [0.1, 0.15) is 23.6 Å². The number of hydrogen-bond donors (Lipinski definition) is 2. The van der Waals surface area contributed by atoms with Crippen LogP contribution >= 0.6 is 0 Å². The fraction of sp³-hybridized carbons (Fsp3) is 0.275. The Bertz CT molecular complexity index is 2040. The summed E-state index contributed by atoms with van der Waals surface area (Å²) in [4.78, 5) is 33.0. The zero-order chi connectivity index (χ0) is 35.9. The Balaban J connectivity index is 1.05. The van der Waals surface area contributed by atoms with Gasteiger partial charge in [-0.1, -0.05) is 30.3 Å². The van der Waals surface area contributed by atoms with E-state index in [9.17, 15) is 14.0 Å². The molecule has 2 fully saturated rings. The Morgan fingerprint density at radius 3 is 2.23 bits per heavy atom.